The van der Waals surface area contributed by atoms with E-state index in [0.717, 1.165) is 35.5 Å². The summed E-state index contributed by atoms with van der Waals surface area (Å²) in [6, 6.07) is 0. The van der Waals surface area contributed by atoms with Gasteiger partial charge in [-0.15, -0.1) is 0 Å². The molecule has 19 heavy (non-hydrogen) atoms. The van der Waals surface area contributed by atoms with Crippen LogP contribution in [-0.4, -0.2) is 13.1 Å². The van der Waals surface area contributed by atoms with Gasteiger partial charge in [0.25, 0.3) is 0 Å². The molecular weight excluding hydrogens is 230 g/mol. The number of hydrogen-bond donors (Lipinski definition) is 1. The van der Waals surface area contributed by atoms with Gasteiger partial charge in [0.2, 0.25) is 0 Å². The lowest BCUT2D eigenvalue weighted by molar-refractivity contribution is -0.123. The highest BCUT2D eigenvalue weighted by Gasteiger charge is 2.56. The molecule has 1 nitrogen and oxygen atoms in total. The minimum absolute atomic E-state index is 0.688. The van der Waals surface area contributed by atoms with Gasteiger partial charge in [0.1, 0.15) is 0 Å². The summed E-state index contributed by atoms with van der Waals surface area (Å²) in [5, 5.41) is 3.62. The third kappa shape index (κ3) is 1.83. The van der Waals surface area contributed by atoms with Gasteiger partial charge < -0.3 is 5.32 Å². The van der Waals surface area contributed by atoms with E-state index in [1.54, 1.807) is 32.1 Å². The lowest BCUT2D eigenvalue weighted by Crippen LogP contribution is -2.56. The van der Waals surface area contributed by atoms with Crippen molar-refractivity contribution >= 4 is 0 Å². The molecule has 5 rings (SSSR count). The van der Waals surface area contributed by atoms with E-state index < -0.39 is 0 Å². The summed E-state index contributed by atoms with van der Waals surface area (Å²) in [7, 11) is 0. The maximum absolute atomic E-state index is 3.62. The Balaban J connectivity index is 1.66. The molecule has 4 saturated carbocycles. The summed E-state index contributed by atoms with van der Waals surface area (Å²) >= 11 is 0. The molecular formula is C18H31N. The van der Waals surface area contributed by atoms with Crippen LogP contribution in [0.3, 0.4) is 0 Å². The molecule has 0 aromatic rings. The topological polar surface area (TPSA) is 12.0 Å². The first-order chi connectivity index (χ1) is 9.19. The Morgan fingerprint density at radius 3 is 1.84 bits per heavy atom. The summed E-state index contributed by atoms with van der Waals surface area (Å²) in [6.45, 7) is 7.61. The second-order valence-electron chi connectivity index (χ2n) is 8.59. The second kappa shape index (κ2) is 4.48. The van der Waals surface area contributed by atoms with Crippen molar-refractivity contribution in [1.82, 2.24) is 5.32 Å². The highest BCUT2D eigenvalue weighted by Crippen LogP contribution is 2.64. The molecule has 5 aliphatic rings. The zero-order chi connectivity index (χ0) is 13.0. The van der Waals surface area contributed by atoms with Crippen LogP contribution < -0.4 is 5.32 Å². The first-order valence-electron chi connectivity index (χ1n) is 8.90. The molecule has 0 aromatic carbocycles. The normalized spacial score (nSPS) is 47.8. The highest BCUT2D eigenvalue weighted by molar-refractivity contribution is 5.06. The predicted molar refractivity (Wildman–Crippen MR) is 79.9 cm³/mol. The molecule has 1 N–H and O–H groups in total. The largest absolute Gasteiger partial charge is 0.317 e. The van der Waals surface area contributed by atoms with Gasteiger partial charge in [-0.3, -0.25) is 0 Å². The van der Waals surface area contributed by atoms with Crippen molar-refractivity contribution in [2.75, 3.05) is 13.1 Å². The molecule has 1 heterocycles. The number of nitrogens with one attached hydrogen (secondary N) is 1. The minimum atomic E-state index is 0.688. The van der Waals surface area contributed by atoms with Crippen LogP contribution in [0.25, 0.3) is 0 Å². The molecule has 0 atom stereocenters. The monoisotopic (exact) mass is 261 g/mol. The molecule has 1 aliphatic heterocycles. The van der Waals surface area contributed by atoms with E-state index in [0.29, 0.717) is 5.41 Å². The molecule has 4 bridgehead atoms. The van der Waals surface area contributed by atoms with Gasteiger partial charge in [-0.2, -0.15) is 0 Å². The summed E-state index contributed by atoms with van der Waals surface area (Å²) in [4.78, 5) is 0. The maximum Gasteiger partial charge on any atom is -0.00434 e. The van der Waals surface area contributed by atoms with Crippen LogP contribution in [0.1, 0.15) is 58.8 Å². The third-order valence-corrected chi connectivity index (χ3v) is 7.57. The van der Waals surface area contributed by atoms with E-state index >= 15 is 0 Å². The van der Waals surface area contributed by atoms with E-state index in [9.17, 15) is 0 Å². The van der Waals surface area contributed by atoms with Crippen LogP contribution in [0.5, 0.6) is 0 Å². The Hall–Kier alpha value is -0.0400. The standard InChI is InChI=1S/C18H31N/c1-12(2)18(3-5-19-6-4-18)17-15-8-13-7-14(10-15)11-16(17)9-13/h12-17,19H,3-11H2,1-2H3. The molecule has 0 radical (unpaired) electrons. The van der Waals surface area contributed by atoms with Crippen LogP contribution in [0.2, 0.25) is 0 Å². The van der Waals surface area contributed by atoms with Crippen molar-refractivity contribution in [3.8, 4) is 0 Å². The van der Waals surface area contributed by atoms with Crippen LogP contribution in [-0.2, 0) is 0 Å². The molecule has 4 aliphatic carbocycles. The molecule has 0 unspecified atom stereocenters. The van der Waals surface area contributed by atoms with E-state index in [4.69, 9.17) is 0 Å². The fourth-order valence-electron chi connectivity index (χ4n) is 7.05. The Morgan fingerprint density at radius 2 is 1.37 bits per heavy atom. The van der Waals surface area contributed by atoms with Gasteiger partial charge in [0.05, 0.1) is 0 Å². The van der Waals surface area contributed by atoms with Gasteiger partial charge in [0, 0.05) is 0 Å². The number of rotatable bonds is 2. The Kier molecular flexibility index (Phi) is 2.99. The summed E-state index contributed by atoms with van der Waals surface area (Å²) < 4.78 is 0. The Morgan fingerprint density at radius 1 is 0.842 bits per heavy atom. The van der Waals surface area contributed by atoms with E-state index in [-0.39, 0.29) is 0 Å². The van der Waals surface area contributed by atoms with Gasteiger partial charge in [-0.05, 0) is 99.0 Å². The molecule has 0 amide bonds. The van der Waals surface area contributed by atoms with Crippen molar-refractivity contribution in [1.29, 1.82) is 0 Å². The van der Waals surface area contributed by atoms with Gasteiger partial charge in [0.15, 0.2) is 0 Å². The smallest absolute Gasteiger partial charge is 0.00434 e. The van der Waals surface area contributed by atoms with Crippen LogP contribution in [0.4, 0.5) is 0 Å². The van der Waals surface area contributed by atoms with E-state index in [1.807, 2.05) is 0 Å². The Labute approximate surface area is 118 Å². The van der Waals surface area contributed by atoms with Crippen LogP contribution in [0, 0.1) is 40.9 Å². The predicted octanol–water partition coefficient (Wildman–Crippen LogP) is 4.08. The van der Waals surface area contributed by atoms with Crippen molar-refractivity contribution in [2.45, 2.75) is 58.8 Å². The fourth-order valence-corrected chi connectivity index (χ4v) is 7.05. The average Bonchev–Trinajstić information content (AvgIpc) is 2.38. The summed E-state index contributed by atoms with van der Waals surface area (Å²) in [5.41, 5.74) is 0.688. The molecule has 0 aromatic heterocycles. The average molecular weight is 261 g/mol. The molecule has 1 heteroatoms. The summed E-state index contributed by atoms with van der Waals surface area (Å²) in [5.74, 6) is 6.45. The molecule has 1 saturated heterocycles. The van der Waals surface area contributed by atoms with Crippen LogP contribution >= 0.6 is 0 Å². The van der Waals surface area contributed by atoms with Crippen molar-refractivity contribution < 1.29 is 0 Å². The first kappa shape index (κ1) is 12.7. The second-order valence-corrected chi connectivity index (χ2v) is 8.59. The zero-order valence-electron chi connectivity index (χ0n) is 12.8. The fraction of sp³-hybridized carbons (Fsp3) is 1.00. The van der Waals surface area contributed by atoms with Crippen molar-refractivity contribution in [3.05, 3.63) is 0 Å². The third-order valence-electron chi connectivity index (χ3n) is 7.57. The van der Waals surface area contributed by atoms with Crippen molar-refractivity contribution in [3.63, 3.8) is 0 Å². The highest BCUT2D eigenvalue weighted by atomic mass is 14.9. The van der Waals surface area contributed by atoms with E-state index in [2.05, 4.69) is 19.2 Å². The van der Waals surface area contributed by atoms with Crippen molar-refractivity contribution in [2.24, 2.45) is 40.9 Å². The summed E-state index contributed by atoms with van der Waals surface area (Å²) in [6.07, 6.45) is 10.9. The maximum atomic E-state index is 3.62. The molecule has 5 fully saturated rings. The van der Waals surface area contributed by atoms with Gasteiger partial charge in [-0.25, -0.2) is 0 Å². The lowest BCUT2D eigenvalue weighted by Gasteiger charge is -2.62. The molecule has 108 valence electrons. The molecule has 0 spiro atoms. The zero-order valence-corrected chi connectivity index (χ0v) is 12.8. The van der Waals surface area contributed by atoms with E-state index in [1.165, 1.54) is 25.9 Å². The van der Waals surface area contributed by atoms with Crippen LogP contribution in [0.15, 0.2) is 0 Å². The van der Waals surface area contributed by atoms with Gasteiger partial charge >= 0.3 is 0 Å². The quantitative estimate of drug-likeness (QED) is 0.789. The first-order valence-corrected chi connectivity index (χ1v) is 8.90. The Bertz CT molecular complexity index is 312. The minimum Gasteiger partial charge on any atom is -0.317 e. The SMILES string of the molecule is CC(C)C1(C2C3CC4CC(C3)CC2C4)CCNCC1. The lowest BCUT2D eigenvalue weighted by atomic mass is 9.44. The van der Waals surface area contributed by atoms with Gasteiger partial charge in [-0.1, -0.05) is 13.8 Å². The number of piperidine rings is 1. The number of hydrogen-bond acceptors (Lipinski definition) is 1.